The zero-order valence-corrected chi connectivity index (χ0v) is 15.2. The van der Waals surface area contributed by atoms with Crippen LogP contribution in [0.25, 0.3) is 5.65 Å². The van der Waals surface area contributed by atoms with Gasteiger partial charge in [0, 0.05) is 18.0 Å². The molecule has 0 saturated heterocycles. The van der Waals surface area contributed by atoms with E-state index in [4.69, 9.17) is 4.74 Å². The molecule has 2 heterocycles. The number of anilines is 1. The number of hydrogen-bond donors (Lipinski definition) is 2. The summed E-state index contributed by atoms with van der Waals surface area (Å²) < 4.78 is 6.89. The molecule has 0 radical (unpaired) electrons. The number of aromatic amines is 1. The Kier molecular flexibility index (Phi) is 4.63. The Balaban J connectivity index is 1.60. The van der Waals surface area contributed by atoms with Crippen LogP contribution in [0.5, 0.6) is 5.75 Å². The predicted octanol–water partition coefficient (Wildman–Crippen LogP) is 3.16. The van der Waals surface area contributed by atoms with E-state index in [-0.39, 0.29) is 29.3 Å². The lowest BCUT2D eigenvalue weighted by Gasteiger charge is -2.07. The molecule has 0 saturated carbocycles. The van der Waals surface area contributed by atoms with E-state index in [1.807, 2.05) is 61.5 Å². The molecular weight excluding hydrogens is 356 g/mol. The third-order valence-electron chi connectivity index (χ3n) is 4.23. The molecule has 7 heteroatoms. The number of amides is 1. The van der Waals surface area contributed by atoms with Crippen molar-refractivity contribution >= 4 is 17.2 Å². The summed E-state index contributed by atoms with van der Waals surface area (Å²) in [6.07, 6.45) is 1.47. The number of nitrogens with one attached hydrogen (secondary N) is 2. The summed E-state index contributed by atoms with van der Waals surface area (Å²) in [5, 5.41) is 5.59. The van der Waals surface area contributed by atoms with E-state index in [2.05, 4.69) is 15.4 Å². The number of para-hydroxylation sites is 1. The number of nitrogens with zero attached hydrogens (tertiary/aromatic N) is 2. The quantitative estimate of drug-likeness (QED) is 0.562. The number of ether oxygens (including phenoxy) is 1. The van der Waals surface area contributed by atoms with E-state index in [0.717, 1.165) is 5.56 Å². The number of benzene rings is 2. The van der Waals surface area contributed by atoms with Crippen LogP contribution in [-0.4, -0.2) is 20.5 Å². The Bertz CT molecular complexity index is 1180. The summed E-state index contributed by atoms with van der Waals surface area (Å²) >= 11 is 0. The number of aromatic nitrogens is 3. The standard InChI is InChI=1S/C21H18N4O3/c1-14-7-9-15(10-8-14)24-21(27)18-12-22-25-19(26)11-16(23-20(18)25)13-28-17-5-3-2-4-6-17/h2-12,22H,13H2,1H3,(H,24,27). The molecule has 4 rings (SSSR count). The largest absolute Gasteiger partial charge is 0.487 e. The van der Waals surface area contributed by atoms with Gasteiger partial charge in [0.15, 0.2) is 5.65 Å². The number of carbonyl (C=O) groups excluding carboxylic acids is 1. The summed E-state index contributed by atoms with van der Waals surface area (Å²) in [7, 11) is 0. The van der Waals surface area contributed by atoms with Crippen LogP contribution < -0.4 is 15.6 Å². The van der Waals surface area contributed by atoms with Crippen molar-refractivity contribution in [1.82, 2.24) is 14.6 Å². The van der Waals surface area contributed by atoms with Gasteiger partial charge in [-0.1, -0.05) is 35.9 Å². The van der Waals surface area contributed by atoms with Crippen LogP contribution in [0.4, 0.5) is 5.69 Å². The molecule has 28 heavy (non-hydrogen) atoms. The van der Waals surface area contributed by atoms with Gasteiger partial charge in [-0.25, -0.2) is 9.50 Å². The maximum absolute atomic E-state index is 12.7. The van der Waals surface area contributed by atoms with Gasteiger partial charge in [-0.15, -0.1) is 0 Å². The molecule has 7 nitrogen and oxygen atoms in total. The number of fused-ring (bicyclic) bond motifs is 1. The molecule has 0 aliphatic carbocycles. The highest BCUT2D eigenvalue weighted by Crippen LogP contribution is 2.14. The highest BCUT2D eigenvalue weighted by Gasteiger charge is 2.16. The molecule has 140 valence electrons. The lowest BCUT2D eigenvalue weighted by Crippen LogP contribution is -2.18. The Labute approximate surface area is 160 Å². The molecule has 2 N–H and O–H groups in total. The Morgan fingerprint density at radius 3 is 2.64 bits per heavy atom. The van der Waals surface area contributed by atoms with Gasteiger partial charge < -0.3 is 10.1 Å². The van der Waals surface area contributed by atoms with Gasteiger partial charge in [0.2, 0.25) is 0 Å². The summed E-state index contributed by atoms with van der Waals surface area (Å²) in [4.78, 5) is 29.4. The zero-order valence-electron chi connectivity index (χ0n) is 15.2. The van der Waals surface area contributed by atoms with E-state index in [0.29, 0.717) is 17.1 Å². The fourth-order valence-corrected chi connectivity index (χ4v) is 2.78. The predicted molar refractivity (Wildman–Crippen MR) is 106 cm³/mol. The van der Waals surface area contributed by atoms with Gasteiger partial charge in [0.1, 0.15) is 17.9 Å². The molecule has 0 atom stereocenters. The lowest BCUT2D eigenvalue weighted by atomic mass is 10.2. The summed E-state index contributed by atoms with van der Waals surface area (Å²) in [5.41, 5.74) is 2.43. The smallest absolute Gasteiger partial charge is 0.273 e. The molecule has 0 aliphatic heterocycles. The Hall–Kier alpha value is -3.87. The second-order valence-electron chi connectivity index (χ2n) is 6.35. The summed E-state index contributed by atoms with van der Waals surface area (Å²) in [6.45, 7) is 2.10. The van der Waals surface area contributed by atoms with Gasteiger partial charge in [0.05, 0.1) is 5.69 Å². The molecule has 0 spiro atoms. The molecule has 1 amide bonds. The van der Waals surface area contributed by atoms with Crippen LogP contribution >= 0.6 is 0 Å². The SMILES string of the molecule is Cc1ccc(NC(=O)c2c[nH]n3c(=O)cc(COc4ccccc4)nc23)cc1. The molecule has 2 aromatic heterocycles. The number of carbonyl (C=O) groups is 1. The van der Waals surface area contributed by atoms with Crippen LogP contribution in [0.2, 0.25) is 0 Å². The first-order chi connectivity index (χ1) is 13.6. The molecular formula is C21H18N4O3. The highest BCUT2D eigenvalue weighted by molar-refractivity contribution is 6.08. The number of rotatable bonds is 5. The maximum Gasteiger partial charge on any atom is 0.273 e. The second kappa shape index (κ2) is 7.40. The van der Waals surface area contributed by atoms with E-state index >= 15 is 0 Å². The number of hydrogen-bond acceptors (Lipinski definition) is 4. The second-order valence-corrected chi connectivity index (χ2v) is 6.35. The van der Waals surface area contributed by atoms with Gasteiger partial charge in [0.25, 0.3) is 11.5 Å². The monoisotopic (exact) mass is 374 g/mol. The van der Waals surface area contributed by atoms with Crippen LogP contribution in [0.1, 0.15) is 21.6 Å². The van der Waals surface area contributed by atoms with Crippen LogP contribution in [-0.2, 0) is 6.61 Å². The molecule has 0 aliphatic rings. The minimum Gasteiger partial charge on any atom is -0.487 e. The zero-order chi connectivity index (χ0) is 19.5. The third-order valence-corrected chi connectivity index (χ3v) is 4.23. The van der Waals surface area contributed by atoms with Gasteiger partial charge >= 0.3 is 0 Å². The molecule has 0 fully saturated rings. The van der Waals surface area contributed by atoms with Gasteiger partial charge in [-0.3, -0.25) is 14.7 Å². The van der Waals surface area contributed by atoms with Crippen molar-refractivity contribution in [1.29, 1.82) is 0 Å². The minimum atomic E-state index is -0.351. The molecule has 0 unspecified atom stereocenters. The van der Waals surface area contributed by atoms with Crippen molar-refractivity contribution in [2.24, 2.45) is 0 Å². The average Bonchev–Trinajstić information content (AvgIpc) is 3.14. The first-order valence-corrected chi connectivity index (χ1v) is 8.76. The fourth-order valence-electron chi connectivity index (χ4n) is 2.78. The molecule has 0 bridgehead atoms. The van der Waals surface area contributed by atoms with E-state index in [1.165, 1.54) is 16.8 Å². The van der Waals surface area contributed by atoms with E-state index in [9.17, 15) is 9.59 Å². The Morgan fingerprint density at radius 1 is 1.14 bits per heavy atom. The van der Waals surface area contributed by atoms with Gasteiger partial charge in [-0.05, 0) is 31.2 Å². The van der Waals surface area contributed by atoms with Crippen molar-refractivity contribution in [2.45, 2.75) is 13.5 Å². The molecule has 4 aromatic rings. The number of aryl methyl sites for hydroxylation is 1. The summed E-state index contributed by atoms with van der Waals surface area (Å²) in [5.74, 6) is 0.325. The van der Waals surface area contributed by atoms with Crippen molar-refractivity contribution in [2.75, 3.05) is 5.32 Å². The summed E-state index contributed by atoms with van der Waals surface area (Å²) in [6, 6.07) is 18.1. The molecule has 2 aromatic carbocycles. The van der Waals surface area contributed by atoms with Crippen LogP contribution in [0.3, 0.4) is 0 Å². The highest BCUT2D eigenvalue weighted by atomic mass is 16.5. The topological polar surface area (TPSA) is 88.5 Å². The lowest BCUT2D eigenvalue weighted by molar-refractivity contribution is 0.102. The average molecular weight is 374 g/mol. The van der Waals surface area contributed by atoms with E-state index < -0.39 is 0 Å². The van der Waals surface area contributed by atoms with Crippen molar-refractivity contribution in [3.05, 3.63) is 94.0 Å². The first-order valence-electron chi connectivity index (χ1n) is 8.76. The van der Waals surface area contributed by atoms with Crippen molar-refractivity contribution in [3.8, 4) is 5.75 Å². The minimum absolute atomic E-state index is 0.125. The fraction of sp³-hybridized carbons (Fsp3) is 0.0952. The van der Waals surface area contributed by atoms with Crippen LogP contribution in [0, 0.1) is 6.92 Å². The first kappa shape index (κ1) is 17.5. The van der Waals surface area contributed by atoms with Crippen LogP contribution in [0.15, 0.2) is 71.7 Å². The van der Waals surface area contributed by atoms with Gasteiger partial charge in [-0.2, -0.15) is 0 Å². The van der Waals surface area contributed by atoms with Crippen molar-refractivity contribution in [3.63, 3.8) is 0 Å². The van der Waals surface area contributed by atoms with Crippen molar-refractivity contribution < 1.29 is 9.53 Å². The van der Waals surface area contributed by atoms with E-state index in [1.54, 1.807) is 0 Å². The normalized spacial score (nSPS) is 10.8. The maximum atomic E-state index is 12.7. The number of H-pyrrole nitrogens is 1. The third kappa shape index (κ3) is 3.64. The Morgan fingerprint density at radius 2 is 1.89 bits per heavy atom.